The molecule has 0 spiro atoms. The SMILES string of the molecule is Cc1ccc(C)c(OCCNC(=O)[C@@H]2CCCN(S(=O)(=O)c3ccccc3)C2)c1. The number of nitrogens with one attached hydrogen (secondary N) is 1. The quantitative estimate of drug-likeness (QED) is 0.704. The molecule has 0 unspecified atom stereocenters. The fourth-order valence-electron chi connectivity index (χ4n) is 3.46. The van der Waals surface area contributed by atoms with Crippen LogP contribution in [0.15, 0.2) is 53.4 Å². The van der Waals surface area contributed by atoms with E-state index in [1.165, 1.54) is 4.31 Å². The number of nitrogens with zero attached hydrogens (tertiary/aromatic N) is 1. The van der Waals surface area contributed by atoms with E-state index in [1.807, 2.05) is 32.0 Å². The zero-order valence-corrected chi connectivity index (χ0v) is 17.7. The average molecular weight is 417 g/mol. The normalized spacial score (nSPS) is 17.7. The summed E-state index contributed by atoms with van der Waals surface area (Å²) in [6, 6.07) is 14.4. The molecule has 0 saturated carbocycles. The van der Waals surface area contributed by atoms with Crippen LogP contribution in [0.25, 0.3) is 0 Å². The standard InChI is InChI=1S/C22H28N2O4S/c1-17-10-11-18(2)21(15-17)28-14-12-23-22(25)19-7-6-13-24(16-19)29(26,27)20-8-4-3-5-9-20/h3-5,8-11,15,19H,6-7,12-14,16H2,1-2H3,(H,23,25)/t19-/m1/s1. The Hall–Kier alpha value is -2.38. The van der Waals surface area contributed by atoms with Crippen LogP contribution < -0.4 is 10.1 Å². The molecule has 0 aromatic heterocycles. The minimum Gasteiger partial charge on any atom is -0.491 e. The van der Waals surface area contributed by atoms with Crippen LogP contribution in [0.3, 0.4) is 0 Å². The Balaban J connectivity index is 1.51. The number of hydrogen-bond donors (Lipinski definition) is 1. The first-order valence-electron chi connectivity index (χ1n) is 9.91. The van der Waals surface area contributed by atoms with E-state index in [1.54, 1.807) is 30.3 Å². The number of benzene rings is 2. The fraction of sp³-hybridized carbons (Fsp3) is 0.409. The number of rotatable bonds is 7. The van der Waals surface area contributed by atoms with Gasteiger partial charge in [0.15, 0.2) is 0 Å². The summed E-state index contributed by atoms with van der Waals surface area (Å²) in [5, 5.41) is 2.88. The third kappa shape index (κ3) is 5.36. The highest BCUT2D eigenvalue weighted by molar-refractivity contribution is 7.89. The van der Waals surface area contributed by atoms with Gasteiger partial charge in [-0.25, -0.2) is 8.42 Å². The lowest BCUT2D eigenvalue weighted by Gasteiger charge is -2.31. The van der Waals surface area contributed by atoms with Crippen molar-refractivity contribution in [3.8, 4) is 5.75 Å². The second-order valence-electron chi connectivity index (χ2n) is 7.42. The van der Waals surface area contributed by atoms with Gasteiger partial charge in [0.1, 0.15) is 12.4 Å². The lowest BCUT2D eigenvalue weighted by Crippen LogP contribution is -2.45. The van der Waals surface area contributed by atoms with Crippen LogP contribution >= 0.6 is 0 Å². The maximum absolute atomic E-state index is 12.8. The minimum absolute atomic E-state index is 0.123. The molecule has 1 heterocycles. The van der Waals surface area contributed by atoms with Gasteiger partial charge in [-0.2, -0.15) is 4.31 Å². The minimum atomic E-state index is -3.57. The smallest absolute Gasteiger partial charge is 0.243 e. The summed E-state index contributed by atoms with van der Waals surface area (Å²) < 4.78 is 32.8. The van der Waals surface area contributed by atoms with Crippen molar-refractivity contribution in [1.29, 1.82) is 0 Å². The summed E-state index contributed by atoms with van der Waals surface area (Å²) in [4.78, 5) is 12.8. The number of aryl methyl sites for hydroxylation is 2. The zero-order valence-electron chi connectivity index (χ0n) is 16.9. The zero-order chi connectivity index (χ0) is 20.9. The van der Waals surface area contributed by atoms with Crippen molar-refractivity contribution < 1.29 is 17.9 Å². The second kappa shape index (κ2) is 9.41. The van der Waals surface area contributed by atoms with E-state index >= 15 is 0 Å². The van der Waals surface area contributed by atoms with Gasteiger partial charge in [-0.05, 0) is 56.0 Å². The molecule has 1 amide bonds. The maximum atomic E-state index is 12.8. The van der Waals surface area contributed by atoms with Gasteiger partial charge in [0.2, 0.25) is 15.9 Å². The van der Waals surface area contributed by atoms with Gasteiger partial charge >= 0.3 is 0 Å². The molecule has 0 aliphatic carbocycles. The van der Waals surface area contributed by atoms with Gasteiger partial charge in [0, 0.05) is 13.1 Å². The number of carbonyl (C=O) groups is 1. The number of piperidine rings is 1. The van der Waals surface area contributed by atoms with Crippen LogP contribution in [0, 0.1) is 19.8 Å². The molecule has 7 heteroatoms. The van der Waals surface area contributed by atoms with Gasteiger partial charge in [-0.3, -0.25) is 4.79 Å². The molecule has 0 radical (unpaired) electrons. The van der Waals surface area contributed by atoms with Crippen molar-refractivity contribution in [2.24, 2.45) is 5.92 Å². The molecule has 3 rings (SSSR count). The van der Waals surface area contributed by atoms with Gasteiger partial charge in [0.05, 0.1) is 17.4 Å². The predicted octanol–water partition coefficient (Wildman–Crippen LogP) is 2.90. The van der Waals surface area contributed by atoms with Crippen LogP contribution in [0.1, 0.15) is 24.0 Å². The van der Waals surface area contributed by atoms with Crippen molar-refractivity contribution in [2.75, 3.05) is 26.2 Å². The second-order valence-corrected chi connectivity index (χ2v) is 9.36. The van der Waals surface area contributed by atoms with E-state index in [2.05, 4.69) is 5.32 Å². The molecule has 1 fully saturated rings. The average Bonchev–Trinajstić information content (AvgIpc) is 2.74. The number of hydrogen-bond acceptors (Lipinski definition) is 4. The Morgan fingerprint density at radius 3 is 2.69 bits per heavy atom. The highest BCUT2D eigenvalue weighted by atomic mass is 32.2. The summed E-state index contributed by atoms with van der Waals surface area (Å²) in [5.74, 6) is 0.350. The molecule has 0 bridgehead atoms. The van der Waals surface area contributed by atoms with E-state index in [-0.39, 0.29) is 23.3 Å². The summed E-state index contributed by atoms with van der Waals surface area (Å²) in [7, 11) is -3.57. The molecule has 156 valence electrons. The Labute approximate surface area is 172 Å². The lowest BCUT2D eigenvalue weighted by molar-refractivity contribution is -0.126. The van der Waals surface area contributed by atoms with E-state index in [0.29, 0.717) is 32.5 Å². The molecule has 6 nitrogen and oxygen atoms in total. The monoisotopic (exact) mass is 416 g/mol. The first kappa shape index (κ1) is 21.3. The third-order valence-corrected chi connectivity index (χ3v) is 7.02. The van der Waals surface area contributed by atoms with E-state index < -0.39 is 10.0 Å². The third-order valence-electron chi connectivity index (χ3n) is 5.14. The van der Waals surface area contributed by atoms with Crippen molar-refractivity contribution in [2.45, 2.75) is 31.6 Å². The van der Waals surface area contributed by atoms with E-state index in [0.717, 1.165) is 16.9 Å². The predicted molar refractivity (Wildman–Crippen MR) is 112 cm³/mol. The molecule has 2 aromatic carbocycles. The Morgan fingerprint density at radius 1 is 1.17 bits per heavy atom. The summed E-state index contributed by atoms with van der Waals surface area (Å²) in [5.41, 5.74) is 2.17. The maximum Gasteiger partial charge on any atom is 0.243 e. The van der Waals surface area contributed by atoms with Crippen LogP contribution in [-0.4, -0.2) is 44.9 Å². The van der Waals surface area contributed by atoms with Crippen LogP contribution in [0.2, 0.25) is 0 Å². The molecule has 1 saturated heterocycles. The van der Waals surface area contributed by atoms with Gasteiger partial charge < -0.3 is 10.1 Å². The van der Waals surface area contributed by atoms with Crippen molar-refractivity contribution >= 4 is 15.9 Å². The first-order valence-corrected chi connectivity index (χ1v) is 11.3. The van der Waals surface area contributed by atoms with Gasteiger partial charge in [-0.15, -0.1) is 0 Å². The van der Waals surface area contributed by atoms with Crippen molar-refractivity contribution in [3.63, 3.8) is 0 Å². The summed E-state index contributed by atoms with van der Waals surface area (Å²) in [6.45, 7) is 5.39. The Bertz CT molecular complexity index is 945. The number of amides is 1. The lowest BCUT2D eigenvalue weighted by atomic mass is 9.99. The molecule has 1 aliphatic heterocycles. The largest absolute Gasteiger partial charge is 0.491 e. The molecule has 1 atom stereocenters. The van der Waals surface area contributed by atoms with Crippen LogP contribution in [-0.2, 0) is 14.8 Å². The molecule has 1 N–H and O–H groups in total. The molecule has 29 heavy (non-hydrogen) atoms. The van der Waals surface area contributed by atoms with E-state index in [9.17, 15) is 13.2 Å². The number of sulfonamides is 1. The topological polar surface area (TPSA) is 75.7 Å². The highest BCUT2D eigenvalue weighted by Gasteiger charge is 2.33. The highest BCUT2D eigenvalue weighted by Crippen LogP contribution is 2.24. The van der Waals surface area contributed by atoms with E-state index in [4.69, 9.17) is 4.74 Å². The molecule has 2 aromatic rings. The van der Waals surface area contributed by atoms with Gasteiger partial charge in [-0.1, -0.05) is 30.3 Å². The molecule has 1 aliphatic rings. The van der Waals surface area contributed by atoms with Crippen LogP contribution in [0.5, 0.6) is 5.75 Å². The number of carbonyl (C=O) groups excluding carboxylic acids is 1. The van der Waals surface area contributed by atoms with Crippen LogP contribution in [0.4, 0.5) is 0 Å². The first-order chi connectivity index (χ1) is 13.9. The van der Waals surface area contributed by atoms with Crippen molar-refractivity contribution in [1.82, 2.24) is 9.62 Å². The van der Waals surface area contributed by atoms with Crippen molar-refractivity contribution in [3.05, 3.63) is 59.7 Å². The number of ether oxygens (including phenoxy) is 1. The molecular weight excluding hydrogens is 388 g/mol. The summed E-state index contributed by atoms with van der Waals surface area (Å²) >= 11 is 0. The summed E-state index contributed by atoms with van der Waals surface area (Å²) in [6.07, 6.45) is 1.35. The molecular formula is C22H28N2O4S. The fourth-order valence-corrected chi connectivity index (χ4v) is 5.00. The Morgan fingerprint density at radius 2 is 1.93 bits per heavy atom. The van der Waals surface area contributed by atoms with Gasteiger partial charge in [0.25, 0.3) is 0 Å². The Kier molecular flexibility index (Phi) is 6.92.